The van der Waals surface area contributed by atoms with E-state index in [0.29, 0.717) is 123 Å². The number of piperidine rings is 1. The molecular weight excluding hydrogens is 1070 g/mol. The smallest absolute Gasteiger partial charge is 0.329 e. The summed E-state index contributed by atoms with van der Waals surface area (Å²) in [5.41, 5.74) is 1.16. The standard InChI is InChI=1S/C63H101NO19/c1-41-15-11-10-12-16-42(2)54(81-40-50-39-79-30-29-77-26-25-75-23-24-76-27-28-78-31-32-80-50)37-49-20-18-47(7)63(72,83-49)60(69)61(70)64-22-14-13-17-51(64)62(71)82-55(44(4)35-48-19-21-52(65)56(36-48)73-8)38-53(66)43(3)34-46(6)58(68)59(74-9)57(67)45(5)33-41/h10-12,15-16,34,41,43-45,47-52,54-56,58-59,65,68,72H,13-14,17-33,35-40H2,1-9H3/b12-10+,15-11+,42-16+,46-34+/t41-,43-,44-,45-,47-,48+,49+,50?,51+,52-,54?,55+,56-,58-,59+,63-/m1/s1. The molecule has 472 valence electrons. The molecule has 2 unspecified atom stereocenters. The van der Waals surface area contributed by atoms with Crippen molar-refractivity contribution in [2.45, 2.75) is 186 Å². The SMILES string of the molecule is CO[C@@H]1C[C@H](C[C@@H](C)[C@@H]2CC(=O)[C@H](C)/C=C(\C)[C@@H](O)[C@@H](OC)C(=O)[C@H](C)C[C@H](C)/C=C/C=C/C=C(\C)C(OCC3COCCOCCOCCOCCOCCO3)C[C@@H]3CC[C@@H](C)[C@@](O)(O3)C(=O)C(=O)N3CCCC[C@H]3C(=O)O2)CC[C@H]1O. The zero-order valence-corrected chi connectivity index (χ0v) is 51.1. The van der Waals surface area contributed by atoms with Crippen LogP contribution in [0.1, 0.15) is 126 Å². The highest BCUT2D eigenvalue weighted by Crippen LogP contribution is 2.38. The number of carbonyl (C=O) groups is 5. The van der Waals surface area contributed by atoms with E-state index in [2.05, 4.69) is 0 Å². The molecule has 5 aliphatic rings. The van der Waals surface area contributed by atoms with Crippen molar-refractivity contribution >= 4 is 29.2 Å². The zero-order chi connectivity index (χ0) is 60.5. The minimum absolute atomic E-state index is 0.0421. The second kappa shape index (κ2) is 36.5. The summed E-state index contributed by atoms with van der Waals surface area (Å²) < 4.78 is 65.4. The van der Waals surface area contributed by atoms with Gasteiger partial charge in [0.25, 0.3) is 11.7 Å². The second-order valence-corrected chi connectivity index (χ2v) is 23.7. The number of methoxy groups -OCH3 is 2. The monoisotopic (exact) mass is 1180 g/mol. The fourth-order valence-electron chi connectivity index (χ4n) is 11.8. The van der Waals surface area contributed by atoms with Crippen LogP contribution in [0.4, 0.5) is 0 Å². The molecule has 20 heteroatoms. The third kappa shape index (κ3) is 22.2. The Morgan fingerprint density at radius 1 is 0.747 bits per heavy atom. The van der Waals surface area contributed by atoms with Gasteiger partial charge in [0.05, 0.1) is 104 Å². The average molecular weight is 1180 g/mol. The Balaban J connectivity index is 1.45. The quantitative estimate of drug-likeness (QED) is 0.142. The number of fused-ring (bicyclic) bond motifs is 3. The Kier molecular flexibility index (Phi) is 30.9. The number of hydrogen-bond donors (Lipinski definition) is 3. The molecule has 4 aliphatic heterocycles. The molecule has 5 rings (SSSR count). The topological polar surface area (TPSA) is 251 Å². The van der Waals surface area contributed by atoms with Gasteiger partial charge in [-0.25, -0.2) is 4.79 Å². The van der Waals surface area contributed by atoms with E-state index in [4.69, 9.17) is 52.1 Å². The van der Waals surface area contributed by atoms with Gasteiger partial charge in [0.2, 0.25) is 5.79 Å². The number of Topliss-reactive ketones (excluding diaryl/α,β-unsaturated/α-hetero) is 3. The molecule has 20 nitrogen and oxygen atoms in total. The highest BCUT2D eigenvalue weighted by Gasteiger charge is 2.53. The lowest BCUT2D eigenvalue weighted by molar-refractivity contribution is -0.266. The van der Waals surface area contributed by atoms with E-state index in [1.54, 1.807) is 34.0 Å². The van der Waals surface area contributed by atoms with Crippen molar-refractivity contribution in [3.8, 4) is 0 Å². The molecule has 0 aromatic rings. The number of cyclic esters (lactones) is 1. The molecule has 3 saturated heterocycles. The van der Waals surface area contributed by atoms with Crippen molar-refractivity contribution in [1.29, 1.82) is 0 Å². The van der Waals surface area contributed by atoms with Gasteiger partial charge in [-0.05, 0) is 107 Å². The van der Waals surface area contributed by atoms with Crippen molar-refractivity contribution in [3.05, 3.63) is 47.6 Å². The van der Waals surface area contributed by atoms with Crippen LogP contribution >= 0.6 is 0 Å². The molecule has 1 amide bonds. The number of allylic oxidation sites excluding steroid dienone is 6. The molecule has 16 atom stereocenters. The van der Waals surface area contributed by atoms with Crippen LogP contribution in [0.15, 0.2) is 47.6 Å². The minimum atomic E-state index is -2.54. The van der Waals surface area contributed by atoms with Crippen LogP contribution in [0.3, 0.4) is 0 Å². The maximum atomic E-state index is 14.7. The van der Waals surface area contributed by atoms with Crippen molar-refractivity contribution in [1.82, 2.24) is 4.90 Å². The summed E-state index contributed by atoms with van der Waals surface area (Å²) in [5, 5.41) is 34.5. The summed E-state index contributed by atoms with van der Waals surface area (Å²) in [6.07, 6.45) is 9.56. The van der Waals surface area contributed by atoms with Crippen molar-refractivity contribution in [2.75, 3.05) is 100 Å². The predicted molar refractivity (Wildman–Crippen MR) is 308 cm³/mol. The van der Waals surface area contributed by atoms with E-state index in [1.165, 1.54) is 12.0 Å². The van der Waals surface area contributed by atoms with Gasteiger partial charge in [-0.15, -0.1) is 0 Å². The van der Waals surface area contributed by atoms with Crippen LogP contribution < -0.4 is 0 Å². The van der Waals surface area contributed by atoms with Crippen molar-refractivity contribution in [2.24, 2.45) is 35.5 Å². The summed E-state index contributed by atoms with van der Waals surface area (Å²) in [7, 11) is 2.94. The molecule has 0 aromatic carbocycles. The molecule has 4 fully saturated rings. The summed E-state index contributed by atoms with van der Waals surface area (Å²) in [4.78, 5) is 73.3. The van der Waals surface area contributed by atoms with Crippen LogP contribution in [-0.4, -0.2) is 210 Å². The highest BCUT2D eigenvalue weighted by atomic mass is 16.6. The number of esters is 1. The lowest BCUT2D eigenvalue weighted by atomic mass is 9.78. The molecule has 0 radical (unpaired) electrons. The summed E-state index contributed by atoms with van der Waals surface area (Å²) in [5.74, 6) is -8.50. The first-order chi connectivity index (χ1) is 39.8. The van der Waals surface area contributed by atoms with E-state index in [9.17, 15) is 39.3 Å². The third-order valence-corrected chi connectivity index (χ3v) is 17.1. The molecule has 3 N–H and O–H groups in total. The lowest BCUT2D eigenvalue weighted by Crippen LogP contribution is -2.61. The molecule has 0 spiro atoms. The Hall–Kier alpha value is -3.61. The summed E-state index contributed by atoms with van der Waals surface area (Å²) in [6.45, 7) is 16.7. The molecule has 4 heterocycles. The predicted octanol–water partition coefficient (Wildman–Crippen LogP) is 6.03. The lowest BCUT2D eigenvalue weighted by Gasteiger charge is -2.43. The second-order valence-electron chi connectivity index (χ2n) is 23.7. The maximum Gasteiger partial charge on any atom is 0.329 e. The van der Waals surface area contributed by atoms with E-state index in [1.807, 2.05) is 58.1 Å². The number of carbonyl (C=O) groups excluding carboxylic acids is 5. The van der Waals surface area contributed by atoms with Crippen molar-refractivity contribution in [3.63, 3.8) is 0 Å². The normalized spacial score (nSPS) is 38.0. The zero-order valence-electron chi connectivity index (χ0n) is 51.1. The van der Waals surface area contributed by atoms with Gasteiger partial charge in [-0.1, -0.05) is 71.1 Å². The number of ketones is 3. The fraction of sp³-hybridized carbons (Fsp3) is 0.794. The first kappa shape index (κ1) is 70.2. The Morgan fingerprint density at radius 2 is 1.41 bits per heavy atom. The minimum Gasteiger partial charge on any atom is -0.460 e. The number of amides is 1. The van der Waals surface area contributed by atoms with Gasteiger partial charge in [0.15, 0.2) is 5.78 Å². The first-order valence-corrected chi connectivity index (χ1v) is 30.5. The molecule has 83 heavy (non-hydrogen) atoms. The van der Waals surface area contributed by atoms with E-state index >= 15 is 0 Å². The van der Waals surface area contributed by atoms with Crippen LogP contribution in [-0.2, 0) is 76.1 Å². The summed E-state index contributed by atoms with van der Waals surface area (Å²) in [6, 6.07) is -1.19. The van der Waals surface area contributed by atoms with Crippen LogP contribution in [0, 0.1) is 35.5 Å². The number of aliphatic hydroxyl groups excluding tert-OH is 2. The van der Waals surface area contributed by atoms with Crippen LogP contribution in [0.2, 0.25) is 0 Å². The fourth-order valence-corrected chi connectivity index (χ4v) is 11.8. The van der Waals surface area contributed by atoms with Gasteiger partial charge in [0, 0.05) is 51.4 Å². The molecule has 0 aromatic heterocycles. The van der Waals surface area contributed by atoms with Gasteiger partial charge < -0.3 is 72.3 Å². The highest BCUT2D eigenvalue weighted by molar-refractivity contribution is 6.39. The van der Waals surface area contributed by atoms with E-state index in [0.717, 1.165) is 5.57 Å². The van der Waals surface area contributed by atoms with Crippen LogP contribution in [0.5, 0.6) is 0 Å². The third-order valence-electron chi connectivity index (χ3n) is 17.1. The largest absolute Gasteiger partial charge is 0.460 e. The molecule has 1 aliphatic carbocycles. The number of nitrogens with zero attached hydrogens (tertiary/aromatic N) is 1. The number of hydrogen-bond acceptors (Lipinski definition) is 19. The maximum absolute atomic E-state index is 14.7. The van der Waals surface area contributed by atoms with Crippen molar-refractivity contribution < 1.29 is 91.4 Å². The Bertz CT molecular complexity index is 2110. The number of ether oxygens (including phenoxy) is 11. The summed E-state index contributed by atoms with van der Waals surface area (Å²) >= 11 is 0. The molecular formula is C63H101NO19. The Morgan fingerprint density at radius 3 is 2.07 bits per heavy atom. The molecule has 2 bridgehead atoms. The van der Waals surface area contributed by atoms with Gasteiger partial charge in [0.1, 0.15) is 36.2 Å². The van der Waals surface area contributed by atoms with Gasteiger partial charge in [-0.2, -0.15) is 0 Å². The first-order valence-electron chi connectivity index (χ1n) is 30.5. The van der Waals surface area contributed by atoms with Gasteiger partial charge >= 0.3 is 5.97 Å². The Labute approximate surface area is 493 Å². The number of rotatable bonds is 8. The van der Waals surface area contributed by atoms with Gasteiger partial charge in [-0.3, -0.25) is 19.2 Å². The van der Waals surface area contributed by atoms with E-state index in [-0.39, 0.29) is 81.1 Å². The number of aliphatic hydroxyl groups is 3. The molecule has 1 saturated carbocycles. The van der Waals surface area contributed by atoms with E-state index < -0.39 is 90.0 Å². The van der Waals surface area contributed by atoms with Crippen LogP contribution in [0.25, 0.3) is 0 Å². The average Bonchev–Trinajstić information content (AvgIpc) is 3.27.